The van der Waals surface area contributed by atoms with Gasteiger partial charge in [-0.15, -0.1) is 0 Å². The topological polar surface area (TPSA) is 17.1 Å². The second-order valence-corrected chi connectivity index (χ2v) is 5.81. The van der Waals surface area contributed by atoms with Crippen molar-refractivity contribution in [3.8, 4) is 0 Å². The van der Waals surface area contributed by atoms with Gasteiger partial charge in [0.15, 0.2) is 5.78 Å². The number of hydrogen-bond acceptors (Lipinski definition) is 1. The lowest BCUT2D eigenvalue weighted by Gasteiger charge is -2.13. The molecule has 0 atom stereocenters. The van der Waals surface area contributed by atoms with Crippen LogP contribution in [0.15, 0.2) is 36.4 Å². The number of benzene rings is 2. The summed E-state index contributed by atoms with van der Waals surface area (Å²) in [4.78, 5) is 12.5. The van der Waals surface area contributed by atoms with Crippen molar-refractivity contribution in [2.75, 3.05) is 0 Å². The van der Waals surface area contributed by atoms with Gasteiger partial charge >= 0.3 is 0 Å². The normalized spacial score (nSPS) is 10.6. The van der Waals surface area contributed by atoms with Gasteiger partial charge in [0.1, 0.15) is 0 Å². The molecule has 0 bridgehead atoms. The second kappa shape index (κ2) is 4.90. The Bertz CT molecular complexity index is 600. The highest BCUT2D eigenvalue weighted by Gasteiger charge is 2.14. The molecule has 0 saturated heterocycles. The van der Waals surface area contributed by atoms with Crippen LogP contribution in [-0.4, -0.2) is 16.0 Å². The van der Waals surface area contributed by atoms with Gasteiger partial charge in [0.25, 0.3) is 0 Å². The first-order valence-electron chi connectivity index (χ1n) is 6.19. The molecule has 0 aliphatic rings. The van der Waals surface area contributed by atoms with Crippen molar-refractivity contribution in [1.29, 1.82) is 0 Å². The molecule has 0 saturated carbocycles. The largest absolute Gasteiger partial charge is 0.289 e. The van der Waals surface area contributed by atoms with Crippen molar-refractivity contribution in [3.05, 3.63) is 64.2 Å². The van der Waals surface area contributed by atoms with E-state index in [9.17, 15) is 4.79 Å². The van der Waals surface area contributed by atoms with E-state index in [-0.39, 0.29) is 5.78 Å². The van der Waals surface area contributed by atoms with E-state index in [1.54, 1.807) is 0 Å². The summed E-state index contributed by atoms with van der Waals surface area (Å²) in [5.74, 6) is 0.126. The monoisotopic (exact) mass is 254 g/mol. The Morgan fingerprint density at radius 1 is 1.00 bits per heavy atom. The highest BCUT2D eigenvalue weighted by Crippen LogP contribution is 2.17. The molecule has 0 N–H and O–H groups in total. The van der Waals surface area contributed by atoms with Crippen molar-refractivity contribution in [3.63, 3.8) is 0 Å². The van der Waals surface area contributed by atoms with Gasteiger partial charge in [0.05, 0.1) is 0 Å². The zero-order chi connectivity index (χ0) is 13.3. The minimum atomic E-state index is 0.126. The van der Waals surface area contributed by atoms with Gasteiger partial charge in [-0.1, -0.05) is 41.1 Å². The highest BCUT2D eigenvalue weighted by molar-refractivity contribution is 6.34. The Balaban J connectivity index is 2.56. The average Bonchev–Trinajstić information content (AvgIpc) is 2.41. The third-order valence-electron chi connectivity index (χ3n) is 3.76. The highest BCUT2D eigenvalue weighted by atomic mass is 28.1. The standard InChI is InChI=1S/C16H18OSi/c1-10-9-14(11(2)12(3)16(10)18)15(17)13-7-5-4-6-8-13/h4-9H,1-3,18H3. The predicted molar refractivity (Wildman–Crippen MR) is 80.1 cm³/mol. The Hall–Kier alpha value is -1.67. The van der Waals surface area contributed by atoms with Crippen LogP contribution in [0.5, 0.6) is 0 Å². The van der Waals surface area contributed by atoms with Crippen molar-refractivity contribution in [2.45, 2.75) is 20.8 Å². The van der Waals surface area contributed by atoms with E-state index in [4.69, 9.17) is 0 Å². The van der Waals surface area contributed by atoms with E-state index in [1.807, 2.05) is 43.3 Å². The number of rotatable bonds is 2. The smallest absolute Gasteiger partial charge is 0.193 e. The molecular formula is C16H18OSi. The zero-order valence-electron chi connectivity index (χ0n) is 11.4. The Kier molecular flexibility index (Phi) is 3.48. The molecule has 2 heteroatoms. The fourth-order valence-electron chi connectivity index (χ4n) is 2.19. The molecule has 2 rings (SSSR count). The minimum absolute atomic E-state index is 0.126. The van der Waals surface area contributed by atoms with Crippen LogP contribution in [0.1, 0.15) is 32.6 Å². The Morgan fingerprint density at radius 3 is 2.22 bits per heavy atom. The molecule has 0 fully saturated rings. The molecule has 0 spiro atoms. The maximum atomic E-state index is 12.5. The quantitative estimate of drug-likeness (QED) is 0.590. The molecule has 0 unspecified atom stereocenters. The number of hydrogen-bond donors (Lipinski definition) is 0. The number of ketones is 1. The summed E-state index contributed by atoms with van der Waals surface area (Å²) in [6.07, 6.45) is 0. The lowest BCUT2D eigenvalue weighted by atomic mass is 9.94. The van der Waals surface area contributed by atoms with Gasteiger partial charge in [-0.3, -0.25) is 4.79 Å². The predicted octanol–water partition coefficient (Wildman–Crippen LogP) is 1.83. The van der Waals surface area contributed by atoms with E-state index in [1.165, 1.54) is 16.3 Å². The maximum Gasteiger partial charge on any atom is 0.193 e. The van der Waals surface area contributed by atoms with Gasteiger partial charge in [-0.25, -0.2) is 0 Å². The molecule has 0 aliphatic heterocycles. The van der Waals surface area contributed by atoms with Gasteiger partial charge in [0, 0.05) is 21.4 Å². The fourth-order valence-corrected chi connectivity index (χ4v) is 2.71. The van der Waals surface area contributed by atoms with Gasteiger partial charge in [0.2, 0.25) is 0 Å². The molecule has 0 radical (unpaired) electrons. The van der Waals surface area contributed by atoms with Crippen molar-refractivity contribution in [2.24, 2.45) is 0 Å². The van der Waals surface area contributed by atoms with Crippen LogP contribution >= 0.6 is 0 Å². The molecule has 18 heavy (non-hydrogen) atoms. The maximum absolute atomic E-state index is 12.5. The summed E-state index contributed by atoms with van der Waals surface area (Å²) in [6, 6.07) is 11.5. The summed E-state index contributed by atoms with van der Waals surface area (Å²) in [7, 11) is 1.03. The lowest BCUT2D eigenvalue weighted by molar-refractivity contribution is 0.103. The van der Waals surface area contributed by atoms with E-state index in [0.717, 1.165) is 26.9 Å². The number of carbonyl (C=O) groups excluding carboxylic acids is 1. The molecule has 0 amide bonds. The van der Waals surface area contributed by atoms with Gasteiger partial charge < -0.3 is 0 Å². The first kappa shape index (κ1) is 12.8. The molecule has 1 nitrogen and oxygen atoms in total. The summed E-state index contributed by atoms with van der Waals surface area (Å²) in [5.41, 5.74) is 5.25. The third kappa shape index (κ3) is 2.16. The van der Waals surface area contributed by atoms with Crippen LogP contribution < -0.4 is 5.19 Å². The van der Waals surface area contributed by atoms with E-state index in [0.29, 0.717) is 0 Å². The molecule has 2 aromatic carbocycles. The van der Waals surface area contributed by atoms with Crippen LogP contribution in [0.4, 0.5) is 0 Å². The molecular weight excluding hydrogens is 236 g/mol. The van der Waals surface area contributed by atoms with Gasteiger partial charge in [-0.2, -0.15) is 0 Å². The third-order valence-corrected chi connectivity index (χ3v) is 5.30. The summed E-state index contributed by atoms with van der Waals surface area (Å²) >= 11 is 0. The van der Waals surface area contributed by atoms with Crippen molar-refractivity contribution < 1.29 is 4.79 Å². The number of aryl methyl sites for hydroxylation is 1. The molecule has 92 valence electrons. The van der Waals surface area contributed by atoms with Crippen LogP contribution in [0.2, 0.25) is 0 Å². The number of carbonyl (C=O) groups is 1. The zero-order valence-corrected chi connectivity index (χ0v) is 13.4. The van der Waals surface area contributed by atoms with Crippen LogP contribution in [-0.2, 0) is 0 Å². The van der Waals surface area contributed by atoms with E-state index < -0.39 is 0 Å². The second-order valence-electron chi connectivity index (χ2n) is 4.81. The molecule has 2 aromatic rings. The van der Waals surface area contributed by atoms with Crippen molar-refractivity contribution in [1.82, 2.24) is 0 Å². The Morgan fingerprint density at radius 2 is 1.61 bits per heavy atom. The first-order valence-corrected chi connectivity index (χ1v) is 7.19. The van der Waals surface area contributed by atoms with E-state index in [2.05, 4.69) is 13.8 Å². The van der Waals surface area contributed by atoms with Gasteiger partial charge in [-0.05, 0) is 38.0 Å². The summed E-state index contributed by atoms with van der Waals surface area (Å²) in [6.45, 7) is 6.26. The Labute approximate surface area is 111 Å². The van der Waals surface area contributed by atoms with Crippen LogP contribution in [0, 0.1) is 20.8 Å². The fraction of sp³-hybridized carbons (Fsp3) is 0.188. The van der Waals surface area contributed by atoms with E-state index >= 15 is 0 Å². The summed E-state index contributed by atoms with van der Waals surface area (Å²) < 4.78 is 0. The SMILES string of the molecule is Cc1cc(C(=O)c2ccccc2)c(C)c(C)c1[SiH3]. The van der Waals surface area contributed by atoms with Crippen LogP contribution in [0.25, 0.3) is 0 Å². The molecule has 0 aromatic heterocycles. The average molecular weight is 254 g/mol. The molecule has 0 heterocycles. The van der Waals surface area contributed by atoms with Crippen LogP contribution in [0.3, 0.4) is 0 Å². The minimum Gasteiger partial charge on any atom is -0.289 e. The summed E-state index contributed by atoms with van der Waals surface area (Å²) in [5, 5.41) is 1.41. The lowest BCUT2D eigenvalue weighted by Crippen LogP contribution is -2.17. The molecule has 0 aliphatic carbocycles. The van der Waals surface area contributed by atoms with Crippen molar-refractivity contribution >= 4 is 21.2 Å². The first-order chi connectivity index (χ1) is 8.52.